The average molecular weight is 397 g/mol. The highest BCUT2D eigenvalue weighted by molar-refractivity contribution is 9.11. The standard InChI is InChI=1S/C16H15Br2NO/c1-3-19(15-7-5-4-6-11(15)2)16(20)13-10-12(17)8-9-14(13)18/h4-10H,3H2,1-2H3. The van der Waals surface area contributed by atoms with E-state index in [0.29, 0.717) is 12.1 Å². The third-order valence-electron chi connectivity index (χ3n) is 3.13. The Balaban J connectivity index is 2.45. The lowest BCUT2D eigenvalue weighted by Crippen LogP contribution is -2.31. The lowest BCUT2D eigenvalue weighted by atomic mass is 10.1. The number of hydrogen-bond acceptors (Lipinski definition) is 1. The van der Waals surface area contributed by atoms with Gasteiger partial charge in [0.25, 0.3) is 5.91 Å². The molecule has 2 aromatic carbocycles. The highest BCUT2D eigenvalue weighted by Crippen LogP contribution is 2.26. The fourth-order valence-corrected chi connectivity index (χ4v) is 2.87. The summed E-state index contributed by atoms with van der Waals surface area (Å²) in [5.41, 5.74) is 2.70. The van der Waals surface area contributed by atoms with Crippen LogP contribution in [0.1, 0.15) is 22.8 Å². The minimum absolute atomic E-state index is 0.00465. The van der Waals surface area contributed by atoms with E-state index in [-0.39, 0.29) is 5.91 Å². The highest BCUT2D eigenvalue weighted by Gasteiger charge is 2.19. The Morgan fingerprint density at radius 2 is 1.85 bits per heavy atom. The van der Waals surface area contributed by atoms with Gasteiger partial charge in [-0.25, -0.2) is 0 Å². The number of carbonyl (C=O) groups is 1. The van der Waals surface area contributed by atoms with E-state index < -0.39 is 0 Å². The lowest BCUT2D eigenvalue weighted by Gasteiger charge is -2.23. The zero-order valence-corrected chi connectivity index (χ0v) is 14.5. The molecule has 0 radical (unpaired) electrons. The molecule has 0 bridgehead atoms. The van der Waals surface area contributed by atoms with Crippen molar-refractivity contribution in [3.8, 4) is 0 Å². The van der Waals surface area contributed by atoms with E-state index in [1.54, 1.807) is 4.90 Å². The molecule has 0 atom stereocenters. The Morgan fingerprint density at radius 3 is 2.50 bits per heavy atom. The fourth-order valence-electron chi connectivity index (χ4n) is 2.10. The number of para-hydroxylation sites is 1. The van der Waals surface area contributed by atoms with Crippen LogP contribution in [0.5, 0.6) is 0 Å². The summed E-state index contributed by atoms with van der Waals surface area (Å²) in [7, 11) is 0. The molecule has 0 unspecified atom stereocenters. The molecule has 0 N–H and O–H groups in total. The van der Waals surface area contributed by atoms with E-state index in [1.165, 1.54) is 0 Å². The minimum Gasteiger partial charge on any atom is -0.308 e. The van der Waals surface area contributed by atoms with Gasteiger partial charge in [0.1, 0.15) is 0 Å². The molecule has 4 heteroatoms. The molecule has 0 fully saturated rings. The smallest absolute Gasteiger partial charge is 0.259 e. The summed E-state index contributed by atoms with van der Waals surface area (Å²) in [6.45, 7) is 4.63. The van der Waals surface area contributed by atoms with E-state index in [0.717, 1.165) is 20.2 Å². The average Bonchev–Trinajstić information content (AvgIpc) is 2.44. The van der Waals surface area contributed by atoms with Gasteiger partial charge in [-0.05, 0) is 59.6 Å². The van der Waals surface area contributed by atoms with Gasteiger partial charge in [-0.2, -0.15) is 0 Å². The van der Waals surface area contributed by atoms with Gasteiger partial charge in [0, 0.05) is 21.2 Å². The predicted octanol–water partition coefficient (Wildman–Crippen LogP) is 5.19. The molecule has 2 nitrogen and oxygen atoms in total. The van der Waals surface area contributed by atoms with Crippen LogP contribution in [0.3, 0.4) is 0 Å². The first-order valence-corrected chi connectivity index (χ1v) is 7.95. The van der Waals surface area contributed by atoms with Crippen LogP contribution in [0, 0.1) is 6.92 Å². The Kier molecular flexibility index (Phi) is 5.00. The van der Waals surface area contributed by atoms with Gasteiger partial charge in [-0.1, -0.05) is 34.1 Å². The summed E-state index contributed by atoms with van der Waals surface area (Å²) >= 11 is 6.87. The van der Waals surface area contributed by atoms with Crippen molar-refractivity contribution < 1.29 is 4.79 Å². The minimum atomic E-state index is -0.00465. The van der Waals surface area contributed by atoms with Gasteiger partial charge in [-0.3, -0.25) is 4.79 Å². The molecule has 0 heterocycles. The second-order valence-electron chi connectivity index (χ2n) is 4.46. The van der Waals surface area contributed by atoms with Crippen molar-refractivity contribution in [2.24, 2.45) is 0 Å². The maximum absolute atomic E-state index is 12.8. The van der Waals surface area contributed by atoms with Crippen molar-refractivity contribution in [2.75, 3.05) is 11.4 Å². The molecule has 1 amide bonds. The molecule has 0 aliphatic carbocycles. The Hall–Kier alpha value is -1.13. The van der Waals surface area contributed by atoms with E-state index in [4.69, 9.17) is 0 Å². The number of nitrogens with zero attached hydrogens (tertiary/aromatic N) is 1. The molecule has 104 valence electrons. The van der Waals surface area contributed by atoms with Gasteiger partial charge in [-0.15, -0.1) is 0 Å². The normalized spacial score (nSPS) is 10.4. The molecule has 0 saturated heterocycles. The number of aryl methyl sites for hydroxylation is 1. The molecule has 0 aliphatic heterocycles. The Labute approximate surface area is 136 Å². The number of carbonyl (C=O) groups excluding carboxylic acids is 1. The maximum Gasteiger partial charge on any atom is 0.259 e. The van der Waals surface area contributed by atoms with Crippen molar-refractivity contribution in [3.05, 3.63) is 62.5 Å². The van der Waals surface area contributed by atoms with E-state index in [2.05, 4.69) is 31.9 Å². The molecule has 2 aromatic rings. The first kappa shape index (κ1) is 15.3. The highest BCUT2D eigenvalue weighted by atomic mass is 79.9. The predicted molar refractivity (Wildman–Crippen MR) is 90.4 cm³/mol. The number of halogens is 2. The van der Waals surface area contributed by atoms with Crippen molar-refractivity contribution in [1.82, 2.24) is 0 Å². The molecule has 0 aliphatic rings. The Bertz CT molecular complexity index is 640. The number of rotatable bonds is 3. The van der Waals surface area contributed by atoms with Crippen molar-refractivity contribution in [2.45, 2.75) is 13.8 Å². The molecule has 0 spiro atoms. The zero-order chi connectivity index (χ0) is 14.7. The van der Waals surface area contributed by atoms with Crippen LogP contribution in [0.4, 0.5) is 5.69 Å². The first-order valence-electron chi connectivity index (χ1n) is 6.37. The monoisotopic (exact) mass is 395 g/mol. The third-order valence-corrected chi connectivity index (χ3v) is 4.31. The molecule has 2 rings (SSSR count). The summed E-state index contributed by atoms with van der Waals surface area (Å²) in [5, 5.41) is 0. The van der Waals surface area contributed by atoms with Crippen LogP contribution >= 0.6 is 31.9 Å². The van der Waals surface area contributed by atoms with E-state index in [9.17, 15) is 4.79 Å². The summed E-state index contributed by atoms with van der Waals surface area (Å²) in [6, 6.07) is 13.5. The van der Waals surface area contributed by atoms with Crippen LogP contribution < -0.4 is 4.90 Å². The number of hydrogen-bond donors (Lipinski definition) is 0. The number of amides is 1. The summed E-state index contributed by atoms with van der Waals surface area (Å²) < 4.78 is 1.70. The summed E-state index contributed by atoms with van der Waals surface area (Å²) in [4.78, 5) is 14.6. The molecular formula is C16H15Br2NO. The fraction of sp³-hybridized carbons (Fsp3) is 0.188. The van der Waals surface area contributed by atoms with Gasteiger partial charge in [0.05, 0.1) is 5.56 Å². The van der Waals surface area contributed by atoms with E-state index in [1.807, 2.05) is 56.3 Å². The van der Waals surface area contributed by atoms with Crippen molar-refractivity contribution in [3.63, 3.8) is 0 Å². The van der Waals surface area contributed by atoms with E-state index >= 15 is 0 Å². The largest absolute Gasteiger partial charge is 0.308 e. The topological polar surface area (TPSA) is 20.3 Å². The van der Waals surface area contributed by atoms with Gasteiger partial charge in [0.15, 0.2) is 0 Å². The zero-order valence-electron chi connectivity index (χ0n) is 11.4. The van der Waals surface area contributed by atoms with Gasteiger partial charge < -0.3 is 4.90 Å². The summed E-state index contributed by atoms with van der Waals surface area (Å²) in [5.74, 6) is -0.00465. The quantitative estimate of drug-likeness (QED) is 0.699. The maximum atomic E-state index is 12.8. The molecule has 20 heavy (non-hydrogen) atoms. The third kappa shape index (κ3) is 3.13. The van der Waals surface area contributed by atoms with Crippen LogP contribution in [-0.2, 0) is 0 Å². The molecular weight excluding hydrogens is 382 g/mol. The summed E-state index contributed by atoms with van der Waals surface area (Å²) in [6.07, 6.45) is 0. The van der Waals surface area contributed by atoms with Crippen LogP contribution in [0.25, 0.3) is 0 Å². The lowest BCUT2D eigenvalue weighted by molar-refractivity contribution is 0.0987. The number of anilines is 1. The molecule has 0 aromatic heterocycles. The second-order valence-corrected chi connectivity index (χ2v) is 6.23. The van der Waals surface area contributed by atoms with Gasteiger partial charge >= 0.3 is 0 Å². The van der Waals surface area contributed by atoms with Crippen LogP contribution in [0.15, 0.2) is 51.4 Å². The van der Waals surface area contributed by atoms with Crippen LogP contribution in [0.2, 0.25) is 0 Å². The first-order chi connectivity index (χ1) is 9.54. The number of benzene rings is 2. The van der Waals surface area contributed by atoms with Gasteiger partial charge in [0.2, 0.25) is 0 Å². The van der Waals surface area contributed by atoms with Crippen LogP contribution in [-0.4, -0.2) is 12.5 Å². The molecule has 0 saturated carbocycles. The Morgan fingerprint density at radius 1 is 1.15 bits per heavy atom. The van der Waals surface area contributed by atoms with Crippen molar-refractivity contribution in [1.29, 1.82) is 0 Å². The second kappa shape index (κ2) is 6.55. The van der Waals surface area contributed by atoms with Crippen molar-refractivity contribution >= 4 is 43.5 Å². The SMILES string of the molecule is CCN(C(=O)c1cc(Br)ccc1Br)c1ccccc1C.